The van der Waals surface area contributed by atoms with Gasteiger partial charge in [0.25, 0.3) is 0 Å². The second-order valence-electron chi connectivity index (χ2n) is 4.97. The molecule has 0 fully saturated rings. The lowest BCUT2D eigenvalue weighted by Gasteiger charge is -2.07. The minimum atomic E-state index is 0.813. The topological polar surface area (TPSA) is 0 Å². The second kappa shape index (κ2) is 3.86. The van der Waals surface area contributed by atoms with E-state index in [0.29, 0.717) is 0 Å². The van der Waals surface area contributed by atoms with Crippen LogP contribution in [0.5, 0.6) is 0 Å². The van der Waals surface area contributed by atoms with Crippen molar-refractivity contribution in [1.82, 2.24) is 0 Å². The van der Waals surface area contributed by atoms with Gasteiger partial charge in [0.05, 0.1) is 0 Å². The van der Waals surface area contributed by atoms with Crippen molar-refractivity contribution >= 4 is 45.6 Å². The molecule has 0 aliphatic rings. The molecule has 4 rings (SSSR count). The highest BCUT2D eigenvalue weighted by atomic mass is 14.1. The van der Waals surface area contributed by atoms with Gasteiger partial charge in [-0.05, 0) is 44.5 Å². The molecule has 2 radical (unpaired) electrons. The van der Waals surface area contributed by atoms with Crippen LogP contribution in [0.15, 0.2) is 66.7 Å². The SMILES string of the molecule is [B]c1ccc2ccc3cc4ccccc4cc3c2c1. The average Bonchev–Trinajstić information content (AvgIpc) is 2.45. The molecule has 0 aliphatic carbocycles. The molecule has 0 amide bonds. The van der Waals surface area contributed by atoms with Gasteiger partial charge in [0.2, 0.25) is 0 Å². The van der Waals surface area contributed by atoms with Crippen LogP contribution in [-0.2, 0) is 0 Å². The number of benzene rings is 4. The Balaban J connectivity index is 2.25. The molecule has 0 spiro atoms. The molecule has 86 valence electrons. The summed E-state index contributed by atoms with van der Waals surface area (Å²) in [6.07, 6.45) is 0. The van der Waals surface area contributed by atoms with E-state index in [1.165, 1.54) is 32.3 Å². The lowest BCUT2D eigenvalue weighted by Crippen LogP contribution is -1.99. The summed E-state index contributed by atoms with van der Waals surface area (Å²) in [5.41, 5.74) is 0.813. The van der Waals surface area contributed by atoms with Crippen molar-refractivity contribution in [3.8, 4) is 0 Å². The van der Waals surface area contributed by atoms with Gasteiger partial charge in [-0.3, -0.25) is 0 Å². The standard InChI is InChI=1S/C18H11B/c19-16-8-7-12-5-6-15-9-13-3-1-2-4-14(13)10-17(15)18(12)11-16/h1-11H. The van der Waals surface area contributed by atoms with E-state index >= 15 is 0 Å². The van der Waals surface area contributed by atoms with Crippen LogP contribution in [0, 0.1) is 0 Å². The van der Waals surface area contributed by atoms with E-state index in [9.17, 15) is 0 Å². The normalized spacial score (nSPS) is 11.4. The van der Waals surface area contributed by atoms with Crippen molar-refractivity contribution < 1.29 is 0 Å². The third-order valence-electron chi connectivity index (χ3n) is 3.73. The van der Waals surface area contributed by atoms with Gasteiger partial charge in [0.1, 0.15) is 7.85 Å². The summed E-state index contributed by atoms with van der Waals surface area (Å²) in [6.45, 7) is 0. The van der Waals surface area contributed by atoms with Gasteiger partial charge in [0.15, 0.2) is 0 Å². The Hall–Kier alpha value is -2.28. The van der Waals surface area contributed by atoms with Crippen LogP contribution in [0.3, 0.4) is 0 Å². The molecule has 19 heavy (non-hydrogen) atoms. The molecular formula is C18H11B. The summed E-state index contributed by atoms with van der Waals surface area (Å²) in [5, 5.41) is 7.53. The van der Waals surface area contributed by atoms with E-state index in [-0.39, 0.29) is 0 Å². The molecule has 0 aliphatic heterocycles. The molecule has 0 N–H and O–H groups in total. The Morgan fingerprint density at radius 2 is 1.16 bits per heavy atom. The molecule has 0 atom stereocenters. The number of rotatable bonds is 0. The van der Waals surface area contributed by atoms with Crippen molar-refractivity contribution in [1.29, 1.82) is 0 Å². The first-order chi connectivity index (χ1) is 9.31. The van der Waals surface area contributed by atoms with Crippen LogP contribution < -0.4 is 5.46 Å². The minimum absolute atomic E-state index is 0.813. The summed E-state index contributed by atoms with van der Waals surface area (Å²) < 4.78 is 0. The molecular weight excluding hydrogens is 227 g/mol. The van der Waals surface area contributed by atoms with Crippen LogP contribution in [-0.4, -0.2) is 7.85 Å². The second-order valence-corrected chi connectivity index (χ2v) is 4.97. The lowest BCUT2D eigenvalue weighted by atomic mass is 9.91. The highest BCUT2D eigenvalue weighted by molar-refractivity contribution is 6.33. The van der Waals surface area contributed by atoms with Gasteiger partial charge in [-0.2, -0.15) is 0 Å². The molecule has 0 nitrogen and oxygen atoms in total. The maximum absolute atomic E-state index is 5.93. The molecule has 0 saturated carbocycles. The monoisotopic (exact) mass is 238 g/mol. The Morgan fingerprint density at radius 1 is 0.526 bits per heavy atom. The van der Waals surface area contributed by atoms with Crippen LogP contribution in [0.4, 0.5) is 0 Å². The smallest absolute Gasteiger partial charge is 0.0960 e. The Labute approximate surface area is 113 Å². The molecule has 4 aromatic rings. The first-order valence-electron chi connectivity index (χ1n) is 6.42. The quantitative estimate of drug-likeness (QED) is 0.247. The zero-order valence-electron chi connectivity index (χ0n) is 10.4. The maximum atomic E-state index is 5.93. The van der Waals surface area contributed by atoms with Gasteiger partial charge in [0, 0.05) is 0 Å². The number of hydrogen-bond donors (Lipinski definition) is 0. The zero-order chi connectivity index (χ0) is 12.8. The third kappa shape index (κ3) is 1.62. The molecule has 0 heterocycles. The van der Waals surface area contributed by atoms with Crippen molar-refractivity contribution in [2.75, 3.05) is 0 Å². The fourth-order valence-electron chi connectivity index (χ4n) is 2.76. The van der Waals surface area contributed by atoms with Crippen molar-refractivity contribution in [3.63, 3.8) is 0 Å². The summed E-state index contributed by atoms with van der Waals surface area (Å²) in [5.74, 6) is 0. The maximum Gasteiger partial charge on any atom is 0.113 e. The van der Waals surface area contributed by atoms with Crippen molar-refractivity contribution in [2.45, 2.75) is 0 Å². The highest BCUT2D eigenvalue weighted by Gasteiger charge is 2.02. The van der Waals surface area contributed by atoms with Gasteiger partial charge in [-0.1, -0.05) is 60.1 Å². The van der Waals surface area contributed by atoms with Crippen LogP contribution in [0.1, 0.15) is 0 Å². The van der Waals surface area contributed by atoms with Gasteiger partial charge in [-0.15, -0.1) is 0 Å². The van der Waals surface area contributed by atoms with Gasteiger partial charge >= 0.3 is 0 Å². The summed E-state index contributed by atoms with van der Waals surface area (Å²) in [7, 11) is 5.93. The van der Waals surface area contributed by atoms with Crippen molar-refractivity contribution in [2.24, 2.45) is 0 Å². The average molecular weight is 238 g/mol. The van der Waals surface area contributed by atoms with Crippen LogP contribution in [0.2, 0.25) is 0 Å². The minimum Gasteiger partial charge on any atom is -0.0960 e. The lowest BCUT2D eigenvalue weighted by molar-refractivity contribution is 1.79. The highest BCUT2D eigenvalue weighted by Crippen LogP contribution is 2.28. The van der Waals surface area contributed by atoms with E-state index in [4.69, 9.17) is 7.85 Å². The number of fused-ring (bicyclic) bond motifs is 4. The van der Waals surface area contributed by atoms with Gasteiger partial charge in [-0.25, -0.2) is 0 Å². The van der Waals surface area contributed by atoms with E-state index < -0.39 is 0 Å². The fraction of sp³-hybridized carbons (Fsp3) is 0. The molecule has 0 aromatic heterocycles. The molecule has 0 unspecified atom stereocenters. The Morgan fingerprint density at radius 3 is 2.00 bits per heavy atom. The van der Waals surface area contributed by atoms with E-state index in [1.54, 1.807) is 0 Å². The Bertz CT molecular complexity index is 922. The zero-order valence-corrected chi connectivity index (χ0v) is 10.4. The van der Waals surface area contributed by atoms with Crippen LogP contribution in [0.25, 0.3) is 32.3 Å². The number of hydrogen-bond acceptors (Lipinski definition) is 0. The third-order valence-corrected chi connectivity index (χ3v) is 3.73. The predicted octanol–water partition coefficient (Wildman–Crippen LogP) is 3.94. The fourth-order valence-corrected chi connectivity index (χ4v) is 2.76. The first kappa shape index (κ1) is 10.6. The molecule has 0 bridgehead atoms. The van der Waals surface area contributed by atoms with Crippen LogP contribution >= 0.6 is 0 Å². The largest absolute Gasteiger partial charge is 0.113 e. The van der Waals surface area contributed by atoms with E-state index in [1.807, 2.05) is 6.07 Å². The van der Waals surface area contributed by atoms with Gasteiger partial charge < -0.3 is 0 Å². The Kier molecular flexibility index (Phi) is 2.16. The summed E-state index contributed by atoms with van der Waals surface area (Å²) >= 11 is 0. The first-order valence-corrected chi connectivity index (χ1v) is 6.42. The van der Waals surface area contributed by atoms with E-state index in [2.05, 4.69) is 60.7 Å². The summed E-state index contributed by atoms with van der Waals surface area (Å²) in [4.78, 5) is 0. The van der Waals surface area contributed by atoms with E-state index in [0.717, 1.165) is 5.46 Å². The molecule has 1 heteroatoms. The summed E-state index contributed by atoms with van der Waals surface area (Å²) in [6, 6.07) is 23.4. The predicted molar refractivity (Wildman–Crippen MR) is 84.3 cm³/mol. The molecule has 0 saturated heterocycles. The van der Waals surface area contributed by atoms with Crippen molar-refractivity contribution in [3.05, 3.63) is 66.7 Å². The molecule has 4 aromatic carbocycles.